The highest BCUT2D eigenvalue weighted by Gasteiger charge is 2.21. The van der Waals surface area contributed by atoms with E-state index in [1.165, 1.54) is 0 Å². The Morgan fingerprint density at radius 1 is 1.30 bits per heavy atom. The molecule has 0 saturated carbocycles. The van der Waals surface area contributed by atoms with E-state index in [4.69, 9.17) is 4.74 Å². The Labute approximate surface area is 164 Å². The standard InChI is InChI=1S/C20H26N4O2S/c1-4-9-24-18(15(2)3)21-22-20(24)27-14-16-7-5-6-8-17(16)19(25)23-10-12-26-13-11-23/h4-8,15H,1,9-14H2,2-3H3. The number of aromatic nitrogens is 3. The molecule has 1 saturated heterocycles. The molecule has 0 aliphatic carbocycles. The average Bonchev–Trinajstić information content (AvgIpc) is 3.10. The SMILES string of the molecule is C=CCn1c(SCc2ccccc2C(=O)N2CCOCC2)nnc1C(C)C. The molecule has 1 amide bonds. The van der Waals surface area contributed by atoms with E-state index < -0.39 is 0 Å². The zero-order valence-corrected chi connectivity index (χ0v) is 16.7. The Balaban J connectivity index is 1.77. The number of nitrogens with zero attached hydrogens (tertiary/aromatic N) is 4. The summed E-state index contributed by atoms with van der Waals surface area (Å²) < 4.78 is 7.45. The van der Waals surface area contributed by atoms with Crippen LogP contribution in [-0.4, -0.2) is 51.9 Å². The molecule has 0 bridgehead atoms. The van der Waals surface area contributed by atoms with Gasteiger partial charge >= 0.3 is 0 Å². The van der Waals surface area contributed by atoms with Crippen LogP contribution in [0.25, 0.3) is 0 Å². The van der Waals surface area contributed by atoms with Crippen LogP contribution < -0.4 is 0 Å². The largest absolute Gasteiger partial charge is 0.378 e. The van der Waals surface area contributed by atoms with Crippen LogP contribution in [0.5, 0.6) is 0 Å². The van der Waals surface area contributed by atoms with Crippen molar-refractivity contribution in [1.82, 2.24) is 19.7 Å². The van der Waals surface area contributed by atoms with E-state index in [1.807, 2.05) is 35.2 Å². The first-order valence-electron chi connectivity index (χ1n) is 9.23. The lowest BCUT2D eigenvalue weighted by atomic mass is 10.1. The van der Waals surface area contributed by atoms with Crippen LogP contribution in [0.4, 0.5) is 0 Å². The van der Waals surface area contributed by atoms with E-state index >= 15 is 0 Å². The Bertz CT molecular complexity index is 797. The summed E-state index contributed by atoms with van der Waals surface area (Å²) in [7, 11) is 0. The fourth-order valence-corrected chi connectivity index (χ4v) is 4.03. The van der Waals surface area contributed by atoms with Gasteiger partial charge in [-0.15, -0.1) is 16.8 Å². The minimum absolute atomic E-state index is 0.0740. The van der Waals surface area contributed by atoms with Gasteiger partial charge in [-0.1, -0.05) is 49.9 Å². The van der Waals surface area contributed by atoms with Crippen molar-refractivity contribution in [2.45, 2.75) is 37.2 Å². The van der Waals surface area contributed by atoms with Crippen molar-refractivity contribution in [2.75, 3.05) is 26.3 Å². The summed E-state index contributed by atoms with van der Waals surface area (Å²) in [6, 6.07) is 7.80. The number of ether oxygens (including phenoxy) is 1. The van der Waals surface area contributed by atoms with Gasteiger partial charge in [0.15, 0.2) is 5.16 Å². The first kappa shape index (κ1) is 19.6. The van der Waals surface area contributed by atoms with E-state index in [9.17, 15) is 4.79 Å². The second-order valence-corrected chi connectivity index (χ2v) is 7.69. The van der Waals surface area contributed by atoms with Gasteiger partial charge in [-0.05, 0) is 11.6 Å². The van der Waals surface area contributed by atoms with Crippen molar-refractivity contribution in [1.29, 1.82) is 0 Å². The topological polar surface area (TPSA) is 60.2 Å². The van der Waals surface area contributed by atoms with Gasteiger partial charge in [-0.3, -0.25) is 4.79 Å². The summed E-state index contributed by atoms with van der Waals surface area (Å²) in [6.07, 6.45) is 1.86. The first-order valence-corrected chi connectivity index (χ1v) is 10.2. The predicted molar refractivity (Wildman–Crippen MR) is 107 cm³/mol. The third kappa shape index (κ3) is 4.59. The number of allylic oxidation sites excluding steroid dienone is 1. The molecule has 144 valence electrons. The second kappa shape index (κ2) is 9.19. The molecule has 1 aliphatic rings. The molecule has 0 radical (unpaired) electrons. The summed E-state index contributed by atoms with van der Waals surface area (Å²) in [6.45, 7) is 11.2. The van der Waals surface area contributed by atoms with Gasteiger partial charge < -0.3 is 14.2 Å². The number of rotatable bonds is 7. The van der Waals surface area contributed by atoms with Crippen LogP contribution in [0.3, 0.4) is 0 Å². The van der Waals surface area contributed by atoms with Crippen LogP contribution in [0.15, 0.2) is 42.1 Å². The maximum absolute atomic E-state index is 12.9. The van der Waals surface area contributed by atoms with Crippen LogP contribution in [-0.2, 0) is 17.0 Å². The minimum atomic E-state index is 0.0740. The molecule has 1 aliphatic heterocycles. The van der Waals surface area contributed by atoms with Crippen molar-refractivity contribution in [3.8, 4) is 0 Å². The van der Waals surface area contributed by atoms with Crippen LogP contribution in [0.1, 0.15) is 41.5 Å². The molecule has 1 aromatic heterocycles. The number of hydrogen-bond donors (Lipinski definition) is 0. The number of hydrogen-bond acceptors (Lipinski definition) is 5. The van der Waals surface area contributed by atoms with Crippen LogP contribution >= 0.6 is 11.8 Å². The Hall–Kier alpha value is -2.12. The molecule has 2 aromatic rings. The zero-order valence-electron chi connectivity index (χ0n) is 15.9. The first-order chi connectivity index (χ1) is 13.1. The molecule has 0 atom stereocenters. The Morgan fingerprint density at radius 3 is 2.74 bits per heavy atom. The van der Waals surface area contributed by atoms with E-state index in [-0.39, 0.29) is 5.91 Å². The molecular weight excluding hydrogens is 360 g/mol. The van der Waals surface area contributed by atoms with Gasteiger partial charge in [0.25, 0.3) is 5.91 Å². The quantitative estimate of drug-likeness (QED) is 0.539. The summed E-state index contributed by atoms with van der Waals surface area (Å²) >= 11 is 1.60. The molecule has 0 spiro atoms. The monoisotopic (exact) mass is 386 g/mol. The van der Waals surface area contributed by atoms with Crippen LogP contribution in [0.2, 0.25) is 0 Å². The Morgan fingerprint density at radius 2 is 2.04 bits per heavy atom. The Kier molecular flexibility index (Phi) is 6.68. The molecule has 1 fully saturated rings. The molecular formula is C20H26N4O2S. The highest BCUT2D eigenvalue weighted by atomic mass is 32.2. The summed E-state index contributed by atoms with van der Waals surface area (Å²) in [5, 5.41) is 9.54. The number of carbonyl (C=O) groups is 1. The third-order valence-corrected chi connectivity index (χ3v) is 5.49. The molecule has 0 unspecified atom stereocenters. The lowest BCUT2D eigenvalue weighted by Gasteiger charge is -2.27. The smallest absolute Gasteiger partial charge is 0.254 e. The minimum Gasteiger partial charge on any atom is -0.378 e. The number of carbonyl (C=O) groups excluding carboxylic acids is 1. The van der Waals surface area contributed by atoms with Crippen molar-refractivity contribution in [2.24, 2.45) is 0 Å². The van der Waals surface area contributed by atoms with E-state index in [0.717, 1.165) is 22.1 Å². The zero-order chi connectivity index (χ0) is 19.2. The van der Waals surface area contributed by atoms with E-state index in [2.05, 4.69) is 35.2 Å². The van der Waals surface area contributed by atoms with E-state index in [0.29, 0.717) is 44.5 Å². The molecule has 3 rings (SSSR count). The lowest BCUT2D eigenvalue weighted by molar-refractivity contribution is 0.0302. The second-order valence-electron chi connectivity index (χ2n) is 6.75. The number of amides is 1. The predicted octanol–water partition coefficient (Wildman–Crippen LogP) is 3.35. The summed E-state index contributed by atoms with van der Waals surface area (Å²) in [5.74, 6) is 1.99. The third-order valence-electron chi connectivity index (χ3n) is 4.48. The molecule has 2 heterocycles. The highest BCUT2D eigenvalue weighted by molar-refractivity contribution is 7.98. The number of thioether (sulfide) groups is 1. The van der Waals surface area contributed by atoms with Gasteiger partial charge in [0.1, 0.15) is 5.82 Å². The lowest BCUT2D eigenvalue weighted by Crippen LogP contribution is -2.41. The van der Waals surface area contributed by atoms with Crippen molar-refractivity contribution >= 4 is 17.7 Å². The molecule has 6 nitrogen and oxygen atoms in total. The number of morpholine rings is 1. The van der Waals surface area contributed by atoms with Gasteiger partial charge in [-0.25, -0.2) is 0 Å². The van der Waals surface area contributed by atoms with Gasteiger partial charge in [0.2, 0.25) is 0 Å². The molecule has 1 aromatic carbocycles. The highest BCUT2D eigenvalue weighted by Crippen LogP contribution is 2.26. The van der Waals surface area contributed by atoms with Crippen molar-refractivity contribution in [3.05, 3.63) is 53.9 Å². The van der Waals surface area contributed by atoms with Crippen molar-refractivity contribution < 1.29 is 9.53 Å². The summed E-state index contributed by atoms with van der Waals surface area (Å²) in [4.78, 5) is 14.8. The van der Waals surface area contributed by atoms with Gasteiger partial charge in [-0.2, -0.15) is 0 Å². The normalized spacial score (nSPS) is 14.6. The van der Waals surface area contributed by atoms with E-state index in [1.54, 1.807) is 11.8 Å². The average molecular weight is 387 g/mol. The summed E-state index contributed by atoms with van der Waals surface area (Å²) in [5.41, 5.74) is 1.77. The molecule has 0 N–H and O–H groups in total. The number of benzene rings is 1. The van der Waals surface area contributed by atoms with Gasteiger partial charge in [0.05, 0.1) is 13.2 Å². The fraction of sp³-hybridized carbons (Fsp3) is 0.450. The van der Waals surface area contributed by atoms with Crippen molar-refractivity contribution in [3.63, 3.8) is 0 Å². The maximum Gasteiger partial charge on any atom is 0.254 e. The molecule has 7 heteroatoms. The van der Waals surface area contributed by atoms with Gasteiger partial charge in [0, 0.05) is 36.9 Å². The fourth-order valence-electron chi connectivity index (χ4n) is 3.07. The molecule has 27 heavy (non-hydrogen) atoms. The van der Waals surface area contributed by atoms with Crippen LogP contribution in [0, 0.1) is 0 Å². The maximum atomic E-state index is 12.9.